The molecule has 1 atom stereocenters. The number of piperazine rings is 1. The van der Waals surface area contributed by atoms with Crippen LogP contribution in [0.1, 0.15) is 38.8 Å². The topological polar surface area (TPSA) is 32.3 Å². The molecule has 3 nitrogen and oxygen atoms in total. The molecule has 1 aliphatic rings. The summed E-state index contributed by atoms with van der Waals surface area (Å²) in [5.41, 5.74) is 2.45. The maximum Gasteiger partial charge on any atom is 0.228 e. The molecule has 1 unspecified atom stereocenters. The molecule has 1 fully saturated rings. The normalized spacial score (nSPS) is 19.6. The van der Waals surface area contributed by atoms with Crippen LogP contribution >= 0.6 is 0 Å². The minimum absolute atomic E-state index is 0.260. The summed E-state index contributed by atoms with van der Waals surface area (Å²) >= 11 is 0. The average Bonchev–Trinajstić information content (AvgIpc) is 2.46. The van der Waals surface area contributed by atoms with Crippen molar-refractivity contribution in [1.29, 1.82) is 0 Å². The van der Waals surface area contributed by atoms with Gasteiger partial charge < -0.3 is 10.2 Å². The van der Waals surface area contributed by atoms with Gasteiger partial charge >= 0.3 is 0 Å². The molecule has 2 rings (SSSR count). The van der Waals surface area contributed by atoms with Gasteiger partial charge in [-0.3, -0.25) is 4.79 Å². The molecular formula is C18H28N2O. The van der Waals surface area contributed by atoms with Gasteiger partial charge in [-0.25, -0.2) is 0 Å². The van der Waals surface area contributed by atoms with Gasteiger partial charge in [0.1, 0.15) is 0 Å². The van der Waals surface area contributed by atoms with Gasteiger partial charge in [-0.05, 0) is 24.0 Å². The van der Waals surface area contributed by atoms with E-state index in [1.54, 1.807) is 0 Å². The molecular weight excluding hydrogens is 260 g/mol. The predicted octanol–water partition coefficient (Wildman–Crippen LogP) is 2.64. The highest BCUT2D eigenvalue weighted by Crippen LogP contribution is 2.19. The minimum Gasteiger partial charge on any atom is -0.339 e. The lowest BCUT2D eigenvalue weighted by Crippen LogP contribution is -2.55. The molecule has 0 aliphatic carbocycles. The van der Waals surface area contributed by atoms with Crippen LogP contribution in [-0.2, 0) is 17.6 Å². The van der Waals surface area contributed by atoms with Crippen molar-refractivity contribution in [3.05, 3.63) is 35.4 Å². The molecule has 0 saturated carbocycles. The standard InChI is InChI=1S/C18H28N2O/c1-5-14-7-6-8-15(11-14)12-16-13-20(10-9-19-16)17(21)18(2,3)4/h6-8,11,16,19H,5,9-10,12-13H2,1-4H3. The number of benzene rings is 1. The van der Waals surface area contributed by atoms with Crippen molar-refractivity contribution in [3.63, 3.8) is 0 Å². The average molecular weight is 288 g/mol. The first-order valence-electron chi connectivity index (χ1n) is 8.00. The van der Waals surface area contributed by atoms with Gasteiger partial charge in [-0.15, -0.1) is 0 Å². The maximum absolute atomic E-state index is 12.4. The van der Waals surface area contributed by atoms with Crippen LogP contribution in [0.25, 0.3) is 0 Å². The van der Waals surface area contributed by atoms with Gasteiger partial charge in [0, 0.05) is 31.1 Å². The molecule has 0 spiro atoms. The Bertz CT molecular complexity index is 490. The Morgan fingerprint density at radius 3 is 2.71 bits per heavy atom. The first-order valence-corrected chi connectivity index (χ1v) is 8.00. The Labute approximate surface area is 128 Å². The second-order valence-corrected chi connectivity index (χ2v) is 7.03. The Morgan fingerprint density at radius 1 is 1.33 bits per heavy atom. The maximum atomic E-state index is 12.4. The largest absolute Gasteiger partial charge is 0.339 e. The number of carbonyl (C=O) groups excluding carboxylic acids is 1. The number of rotatable bonds is 3. The van der Waals surface area contributed by atoms with Crippen molar-refractivity contribution >= 4 is 5.91 Å². The highest BCUT2D eigenvalue weighted by molar-refractivity contribution is 5.81. The van der Waals surface area contributed by atoms with Crippen LogP contribution in [0.2, 0.25) is 0 Å². The molecule has 0 aromatic heterocycles. The molecule has 1 amide bonds. The number of nitrogens with zero attached hydrogens (tertiary/aromatic N) is 1. The van der Waals surface area contributed by atoms with E-state index >= 15 is 0 Å². The number of aryl methyl sites for hydroxylation is 1. The molecule has 3 heteroatoms. The van der Waals surface area contributed by atoms with Gasteiger partial charge in [-0.1, -0.05) is 52.0 Å². The van der Waals surface area contributed by atoms with E-state index < -0.39 is 0 Å². The highest BCUT2D eigenvalue weighted by Gasteiger charge is 2.30. The fourth-order valence-corrected chi connectivity index (χ4v) is 2.88. The Hall–Kier alpha value is -1.35. The second-order valence-electron chi connectivity index (χ2n) is 7.03. The van der Waals surface area contributed by atoms with Crippen molar-refractivity contribution in [3.8, 4) is 0 Å². The predicted molar refractivity (Wildman–Crippen MR) is 87.3 cm³/mol. The molecule has 1 aliphatic heterocycles. The summed E-state index contributed by atoms with van der Waals surface area (Å²) in [5, 5.41) is 3.55. The van der Waals surface area contributed by atoms with E-state index in [4.69, 9.17) is 0 Å². The zero-order chi connectivity index (χ0) is 15.5. The number of nitrogens with one attached hydrogen (secondary N) is 1. The smallest absolute Gasteiger partial charge is 0.228 e. The van der Waals surface area contributed by atoms with Gasteiger partial charge in [0.15, 0.2) is 0 Å². The molecule has 116 valence electrons. The number of carbonyl (C=O) groups is 1. The monoisotopic (exact) mass is 288 g/mol. The lowest BCUT2D eigenvalue weighted by molar-refractivity contribution is -0.140. The van der Waals surface area contributed by atoms with E-state index in [2.05, 4.69) is 36.5 Å². The molecule has 1 heterocycles. The van der Waals surface area contributed by atoms with Crippen molar-refractivity contribution in [2.75, 3.05) is 19.6 Å². The van der Waals surface area contributed by atoms with E-state index in [9.17, 15) is 4.79 Å². The number of hydrogen-bond donors (Lipinski definition) is 1. The van der Waals surface area contributed by atoms with Crippen LogP contribution in [0.3, 0.4) is 0 Å². The van der Waals surface area contributed by atoms with Gasteiger partial charge in [-0.2, -0.15) is 0 Å². The Morgan fingerprint density at radius 2 is 2.05 bits per heavy atom. The SMILES string of the molecule is CCc1cccc(CC2CN(C(=O)C(C)(C)C)CCN2)c1. The second kappa shape index (κ2) is 6.61. The van der Waals surface area contributed by atoms with E-state index in [0.29, 0.717) is 6.04 Å². The van der Waals surface area contributed by atoms with Crippen molar-refractivity contribution in [1.82, 2.24) is 10.2 Å². The fourth-order valence-electron chi connectivity index (χ4n) is 2.88. The number of amides is 1. The van der Waals surface area contributed by atoms with Crippen molar-refractivity contribution < 1.29 is 4.79 Å². The summed E-state index contributed by atoms with van der Waals surface area (Å²) in [4.78, 5) is 14.4. The molecule has 1 N–H and O–H groups in total. The summed E-state index contributed by atoms with van der Waals surface area (Å²) in [6, 6.07) is 9.14. The minimum atomic E-state index is -0.288. The van der Waals surface area contributed by atoms with E-state index in [-0.39, 0.29) is 11.3 Å². The van der Waals surface area contributed by atoms with Crippen LogP contribution in [0, 0.1) is 5.41 Å². The third kappa shape index (κ3) is 4.31. The van der Waals surface area contributed by atoms with E-state index in [1.807, 2.05) is 25.7 Å². The molecule has 1 aromatic carbocycles. The van der Waals surface area contributed by atoms with Crippen LogP contribution in [-0.4, -0.2) is 36.5 Å². The third-order valence-corrected chi connectivity index (χ3v) is 4.07. The van der Waals surface area contributed by atoms with Crippen molar-refractivity contribution in [2.45, 2.75) is 46.6 Å². The zero-order valence-corrected chi connectivity index (χ0v) is 13.8. The lowest BCUT2D eigenvalue weighted by Gasteiger charge is -2.37. The summed E-state index contributed by atoms with van der Waals surface area (Å²) in [5.74, 6) is 0.260. The zero-order valence-electron chi connectivity index (χ0n) is 13.8. The molecule has 21 heavy (non-hydrogen) atoms. The van der Waals surface area contributed by atoms with E-state index in [1.165, 1.54) is 11.1 Å². The van der Waals surface area contributed by atoms with Crippen LogP contribution < -0.4 is 5.32 Å². The first-order chi connectivity index (χ1) is 9.90. The first kappa shape index (κ1) is 16.0. The van der Waals surface area contributed by atoms with Gasteiger partial charge in [0.2, 0.25) is 5.91 Å². The molecule has 0 radical (unpaired) electrons. The quantitative estimate of drug-likeness (QED) is 0.927. The van der Waals surface area contributed by atoms with Gasteiger partial charge in [0.05, 0.1) is 0 Å². The van der Waals surface area contributed by atoms with Crippen LogP contribution in [0.15, 0.2) is 24.3 Å². The summed E-state index contributed by atoms with van der Waals surface area (Å²) < 4.78 is 0. The van der Waals surface area contributed by atoms with Crippen LogP contribution in [0.4, 0.5) is 0 Å². The van der Waals surface area contributed by atoms with Gasteiger partial charge in [0.25, 0.3) is 0 Å². The summed E-state index contributed by atoms with van der Waals surface area (Å²) in [7, 11) is 0. The molecule has 1 aromatic rings. The summed E-state index contributed by atoms with van der Waals surface area (Å²) in [6.07, 6.45) is 2.06. The Balaban J connectivity index is 1.99. The van der Waals surface area contributed by atoms with Crippen LogP contribution in [0.5, 0.6) is 0 Å². The third-order valence-electron chi connectivity index (χ3n) is 4.07. The summed E-state index contributed by atoms with van der Waals surface area (Å²) in [6.45, 7) is 10.7. The Kier molecular flexibility index (Phi) is 5.04. The highest BCUT2D eigenvalue weighted by atomic mass is 16.2. The molecule has 0 bridgehead atoms. The lowest BCUT2D eigenvalue weighted by atomic mass is 9.93. The molecule has 1 saturated heterocycles. The van der Waals surface area contributed by atoms with Crippen molar-refractivity contribution in [2.24, 2.45) is 5.41 Å². The van der Waals surface area contributed by atoms with E-state index in [0.717, 1.165) is 32.5 Å². The number of hydrogen-bond acceptors (Lipinski definition) is 2. The fraction of sp³-hybridized carbons (Fsp3) is 0.611.